The van der Waals surface area contributed by atoms with Gasteiger partial charge in [-0.05, 0) is 17.7 Å². The summed E-state index contributed by atoms with van der Waals surface area (Å²) in [5.74, 6) is 0. The average Bonchev–Trinajstić information content (AvgIpc) is 2.87. The van der Waals surface area contributed by atoms with Crippen molar-refractivity contribution in [1.29, 1.82) is 0 Å². The third-order valence-electron chi connectivity index (χ3n) is 3.36. The van der Waals surface area contributed by atoms with E-state index in [4.69, 9.17) is 5.73 Å². The topological polar surface area (TPSA) is 30.9 Å². The lowest BCUT2D eigenvalue weighted by Crippen LogP contribution is -2.16. The van der Waals surface area contributed by atoms with Gasteiger partial charge in [-0.1, -0.05) is 61.2 Å². The Balaban J connectivity index is 2.32. The second-order valence-corrected chi connectivity index (χ2v) is 4.55. The van der Waals surface area contributed by atoms with E-state index in [0.29, 0.717) is 0 Å². The molecular formula is C17H16N2. The van der Waals surface area contributed by atoms with Crippen LogP contribution < -0.4 is 5.73 Å². The SMILES string of the molecule is C=CC(N)n1c(-c2ccccc2)cc2ccccc21. The fourth-order valence-electron chi connectivity index (χ4n) is 2.43. The summed E-state index contributed by atoms with van der Waals surface area (Å²) >= 11 is 0. The molecule has 0 radical (unpaired) electrons. The van der Waals surface area contributed by atoms with Crippen LogP contribution in [0.3, 0.4) is 0 Å². The van der Waals surface area contributed by atoms with Crippen molar-refractivity contribution in [2.24, 2.45) is 5.73 Å². The Morgan fingerprint density at radius 2 is 1.68 bits per heavy atom. The molecule has 3 rings (SSSR count). The van der Waals surface area contributed by atoms with Crippen LogP contribution >= 0.6 is 0 Å². The lowest BCUT2D eigenvalue weighted by Gasteiger charge is -2.15. The molecule has 0 fully saturated rings. The Morgan fingerprint density at radius 1 is 1.00 bits per heavy atom. The van der Waals surface area contributed by atoms with Crippen LogP contribution in [-0.2, 0) is 0 Å². The first-order valence-corrected chi connectivity index (χ1v) is 6.35. The first-order valence-electron chi connectivity index (χ1n) is 6.35. The number of fused-ring (bicyclic) bond motifs is 1. The molecule has 1 atom stereocenters. The van der Waals surface area contributed by atoms with Crippen molar-refractivity contribution in [2.75, 3.05) is 0 Å². The van der Waals surface area contributed by atoms with Crippen molar-refractivity contribution < 1.29 is 0 Å². The van der Waals surface area contributed by atoms with Crippen LogP contribution in [0.2, 0.25) is 0 Å². The molecule has 1 unspecified atom stereocenters. The van der Waals surface area contributed by atoms with Crippen LogP contribution in [0.1, 0.15) is 6.17 Å². The molecule has 2 aromatic carbocycles. The molecule has 1 aromatic heterocycles. The fraction of sp³-hybridized carbons (Fsp3) is 0.0588. The zero-order valence-electron chi connectivity index (χ0n) is 10.7. The number of nitrogens with two attached hydrogens (primary N) is 1. The Morgan fingerprint density at radius 3 is 2.42 bits per heavy atom. The van der Waals surface area contributed by atoms with E-state index < -0.39 is 0 Å². The van der Waals surface area contributed by atoms with Crippen molar-refractivity contribution in [3.63, 3.8) is 0 Å². The molecule has 0 bridgehead atoms. The van der Waals surface area contributed by atoms with Gasteiger partial charge >= 0.3 is 0 Å². The molecule has 0 saturated heterocycles. The summed E-state index contributed by atoms with van der Waals surface area (Å²) in [6, 6.07) is 20.7. The average molecular weight is 248 g/mol. The molecular weight excluding hydrogens is 232 g/mol. The van der Waals surface area contributed by atoms with Crippen LogP contribution in [0.4, 0.5) is 0 Å². The van der Waals surface area contributed by atoms with Gasteiger partial charge in [0.2, 0.25) is 0 Å². The van der Waals surface area contributed by atoms with E-state index in [2.05, 4.69) is 41.5 Å². The highest BCUT2D eigenvalue weighted by molar-refractivity contribution is 5.87. The predicted octanol–water partition coefficient (Wildman–Crippen LogP) is 3.95. The molecule has 2 N–H and O–H groups in total. The van der Waals surface area contributed by atoms with Gasteiger partial charge in [0.05, 0.1) is 11.2 Å². The first kappa shape index (κ1) is 11.8. The van der Waals surface area contributed by atoms with Crippen LogP contribution in [0, 0.1) is 0 Å². The monoisotopic (exact) mass is 248 g/mol. The van der Waals surface area contributed by atoms with Gasteiger partial charge in [0.15, 0.2) is 0 Å². The van der Waals surface area contributed by atoms with Crippen molar-refractivity contribution in [1.82, 2.24) is 4.57 Å². The number of rotatable bonds is 3. The number of hydrogen-bond acceptors (Lipinski definition) is 1. The van der Waals surface area contributed by atoms with Gasteiger partial charge in [-0.3, -0.25) is 0 Å². The maximum atomic E-state index is 6.19. The minimum atomic E-state index is -0.227. The summed E-state index contributed by atoms with van der Waals surface area (Å²) in [4.78, 5) is 0. The van der Waals surface area contributed by atoms with Gasteiger partial charge in [0, 0.05) is 5.39 Å². The first-order chi connectivity index (χ1) is 9.31. The van der Waals surface area contributed by atoms with Crippen LogP contribution in [0.5, 0.6) is 0 Å². The van der Waals surface area contributed by atoms with E-state index in [-0.39, 0.29) is 6.17 Å². The molecule has 0 amide bonds. The van der Waals surface area contributed by atoms with Gasteiger partial charge in [-0.25, -0.2) is 0 Å². The summed E-state index contributed by atoms with van der Waals surface area (Å²) in [6.07, 6.45) is 1.54. The third-order valence-corrected chi connectivity index (χ3v) is 3.36. The van der Waals surface area contributed by atoms with Crippen LogP contribution in [0.25, 0.3) is 22.2 Å². The number of hydrogen-bond donors (Lipinski definition) is 1. The molecule has 0 spiro atoms. The minimum absolute atomic E-state index is 0.227. The minimum Gasteiger partial charge on any atom is -0.321 e. The molecule has 1 heterocycles. The van der Waals surface area contributed by atoms with Crippen molar-refractivity contribution in [3.05, 3.63) is 73.3 Å². The normalized spacial score (nSPS) is 12.5. The Hall–Kier alpha value is -2.32. The molecule has 2 nitrogen and oxygen atoms in total. The number of benzene rings is 2. The number of nitrogens with zero attached hydrogens (tertiary/aromatic N) is 1. The molecule has 94 valence electrons. The lowest BCUT2D eigenvalue weighted by atomic mass is 10.1. The van der Waals surface area contributed by atoms with Gasteiger partial charge in [0.1, 0.15) is 6.17 Å². The van der Waals surface area contributed by atoms with E-state index in [1.807, 2.05) is 30.3 Å². The van der Waals surface area contributed by atoms with Gasteiger partial charge in [0.25, 0.3) is 0 Å². The van der Waals surface area contributed by atoms with E-state index in [9.17, 15) is 0 Å². The summed E-state index contributed by atoms with van der Waals surface area (Å²) < 4.78 is 2.12. The zero-order valence-corrected chi connectivity index (χ0v) is 10.7. The highest BCUT2D eigenvalue weighted by Gasteiger charge is 2.13. The quantitative estimate of drug-likeness (QED) is 0.699. The van der Waals surface area contributed by atoms with E-state index in [1.165, 1.54) is 5.39 Å². The van der Waals surface area contributed by atoms with Crippen LogP contribution in [0.15, 0.2) is 73.3 Å². The maximum Gasteiger partial charge on any atom is 0.101 e. The standard InChI is InChI=1S/C17H16N2/c1-2-17(18)19-15-11-7-6-10-14(15)12-16(19)13-8-4-3-5-9-13/h2-12,17H,1,18H2. The van der Waals surface area contributed by atoms with Crippen molar-refractivity contribution in [2.45, 2.75) is 6.17 Å². The number of para-hydroxylation sites is 1. The van der Waals surface area contributed by atoms with Gasteiger partial charge in [-0.2, -0.15) is 0 Å². The number of aromatic nitrogens is 1. The molecule has 3 aromatic rings. The largest absolute Gasteiger partial charge is 0.321 e. The molecule has 2 heteroatoms. The molecule has 0 aliphatic heterocycles. The highest BCUT2D eigenvalue weighted by atomic mass is 15.1. The van der Waals surface area contributed by atoms with E-state index in [1.54, 1.807) is 6.08 Å². The summed E-state index contributed by atoms with van der Waals surface area (Å²) in [6.45, 7) is 3.81. The Labute approximate surface area is 112 Å². The van der Waals surface area contributed by atoms with Gasteiger partial charge < -0.3 is 10.3 Å². The summed E-state index contributed by atoms with van der Waals surface area (Å²) in [5, 5.41) is 1.19. The molecule has 0 saturated carbocycles. The van der Waals surface area contributed by atoms with Gasteiger partial charge in [-0.15, -0.1) is 0 Å². The van der Waals surface area contributed by atoms with Crippen molar-refractivity contribution >= 4 is 10.9 Å². The molecule has 0 aliphatic rings. The smallest absolute Gasteiger partial charge is 0.101 e. The summed E-state index contributed by atoms with van der Waals surface area (Å²) in [7, 11) is 0. The second-order valence-electron chi connectivity index (χ2n) is 4.55. The second kappa shape index (κ2) is 4.75. The Kier molecular flexibility index (Phi) is 2.94. The Bertz CT molecular complexity index is 710. The summed E-state index contributed by atoms with van der Waals surface area (Å²) in [5.41, 5.74) is 9.60. The van der Waals surface area contributed by atoms with Crippen LogP contribution in [-0.4, -0.2) is 4.57 Å². The maximum absolute atomic E-state index is 6.19. The highest BCUT2D eigenvalue weighted by Crippen LogP contribution is 2.30. The third kappa shape index (κ3) is 1.96. The zero-order chi connectivity index (χ0) is 13.2. The lowest BCUT2D eigenvalue weighted by molar-refractivity contribution is 0.663. The fourth-order valence-corrected chi connectivity index (χ4v) is 2.43. The predicted molar refractivity (Wildman–Crippen MR) is 80.8 cm³/mol. The van der Waals surface area contributed by atoms with E-state index >= 15 is 0 Å². The van der Waals surface area contributed by atoms with Crippen molar-refractivity contribution in [3.8, 4) is 11.3 Å². The molecule has 0 aliphatic carbocycles. The molecule has 19 heavy (non-hydrogen) atoms. The van der Waals surface area contributed by atoms with E-state index in [0.717, 1.165) is 16.8 Å².